The summed E-state index contributed by atoms with van der Waals surface area (Å²) in [5, 5.41) is 7.76. The molecule has 1 aromatic heterocycles. The van der Waals surface area contributed by atoms with Gasteiger partial charge in [0.2, 0.25) is 5.91 Å². The number of carbonyl (C=O) groups excluding carboxylic acids is 1. The van der Waals surface area contributed by atoms with Gasteiger partial charge in [0.1, 0.15) is 0 Å². The van der Waals surface area contributed by atoms with E-state index in [9.17, 15) is 4.79 Å². The fourth-order valence-corrected chi connectivity index (χ4v) is 1.50. The van der Waals surface area contributed by atoms with E-state index in [4.69, 9.17) is 11.6 Å². The maximum Gasteiger partial charge on any atom is 0.222 e. The number of nitrogens with zero attached hydrogens (tertiary/aromatic N) is 2. The van der Waals surface area contributed by atoms with Crippen LogP contribution in [0.15, 0.2) is 6.20 Å². The van der Waals surface area contributed by atoms with Crippen molar-refractivity contribution in [3.8, 4) is 0 Å². The molecule has 0 aromatic carbocycles. The zero-order valence-electron chi connectivity index (χ0n) is 8.66. The van der Waals surface area contributed by atoms with Gasteiger partial charge in [-0.05, 0) is 19.8 Å². The van der Waals surface area contributed by atoms with Crippen molar-refractivity contribution in [3.05, 3.63) is 16.9 Å². The Labute approximate surface area is 93.6 Å². The van der Waals surface area contributed by atoms with Gasteiger partial charge in [0.15, 0.2) is 0 Å². The number of hydrogen-bond acceptors (Lipinski definition) is 2. The van der Waals surface area contributed by atoms with Crippen LogP contribution in [0, 0.1) is 6.92 Å². The molecule has 1 heterocycles. The summed E-state index contributed by atoms with van der Waals surface area (Å²) in [6, 6.07) is 0.431. The molecule has 0 spiro atoms. The van der Waals surface area contributed by atoms with Crippen LogP contribution in [0.4, 0.5) is 0 Å². The zero-order valence-corrected chi connectivity index (χ0v) is 9.42. The Kier molecular flexibility index (Phi) is 2.95. The van der Waals surface area contributed by atoms with Crippen LogP contribution >= 0.6 is 11.6 Å². The monoisotopic (exact) mass is 227 g/mol. The van der Waals surface area contributed by atoms with Crippen molar-refractivity contribution >= 4 is 17.5 Å². The molecule has 0 saturated heterocycles. The van der Waals surface area contributed by atoms with Crippen molar-refractivity contribution in [1.29, 1.82) is 0 Å². The van der Waals surface area contributed by atoms with Crippen LogP contribution in [0.1, 0.15) is 25.0 Å². The first-order chi connectivity index (χ1) is 7.15. The van der Waals surface area contributed by atoms with Crippen molar-refractivity contribution in [2.45, 2.75) is 38.8 Å². The maximum absolute atomic E-state index is 11.4. The summed E-state index contributed by atoms with van der Waals surface area (Å²) >= 11 is 5.86. The van der Waals surface area contributed by atoms with Crippen molar-refractivity contribution in [2.75, 3.05) is 0 Å². The molecule has 2 rings (SSSR count). The van der Waals surface area contributed by atoms with Gasteiger partial charge in [-0.3, -0.25) is 9.48 Å². The van der Waals surface area contributed by atoms with E-state index in [0.717, 1.165) is 18.5 Å². The lowest BCUT2D eigenvalue weighted by atomic mass is 10.4. The highest BCUT2D eigenvalue weighted by molar-refractivity contribution is 6.31. The first-order valence-corrected chi connectivity index (χ1v) is 5.52. The summed E-state index contributed by atoms with van der Waals surface area (Å²) in [6.07, 6.45) is 4.46. The van der Waals surface area contributed by atoms with Gasteiger partial charge >= 0.3 is 0 Å². The minimum atomic E-state index is 0.0989. The topological polar surface area (TPSA) is 46.9 Å². The zero-order chi connectivity index (χ0) is 10.8. The fraction of sp³-hybridized carbons (Fsp3) is 0.600. The molecular formula is C10H14ClN3O. The fourth-order valence-electron chi connectivity index (χ4n) is 1.35. The molecule has 1 aliphatic carbocycles. The predicted molar refractivity (Wildman–Crippen MR) is 57.8 cm³/mol. The molecule has 5 heteroatoms. The minimum absolute atomic E-state index is 0.0989. The normalized spacial score (nSPS) is 15.3. The van der Waals surface area contributed by atoms with E-state index in [1.807, 2.05) is 6.92 Å². The second-order valence-electron chi connectivity index (χ2n) is 3.92. The standard InChI is InChI=1S/C10H14ClN3O/c1-7-9(11)6-14(13-7)5-4-10(15)12-8-2-3-8/h6,8H,2-5H2,1H3,(H,12,15). The van der Waals surface area contributed by atoms with E-state index >= 15 is 0 Å². The summed E-state index contributed by atoms with van der Waals surface area (Å²) in [7, 11) is 0. The summed E-state index contributed by atoms with van der Waals surface area (Å²) in [5.74, 6) is 0.0989. The third-order valence-corrected chi connectivity index (χ3v) is 2.77. The van der Waals surface area contributed by atoms with E-state index in [0.29, 0.717) is 24.0 Å². The van der Waals surface area contributed by atoms with Crippen molar-refractivity contribution in [1.82, 2.24) is 15.1 Å². The Morgan fingerprint density at radius 2 is 2.47 bits per heavy atom. The van der Waals surface area contributed by atoms with Gasteiger partial charge in [0, 0.05) is 25.2 Å². The first kappa shape index (κ1) is 10.5. The lowest BCUT2D eigenvalue weighted by Crippen LogP contribution is -2.26. The lowest BCUT2D eigenvalue weighted by molar-refractivity contribution is -0.121. The van der Waals surface area contributed by atoms with Gasteiger partial charge in [-0.1, -0.05) is 11.6 Å². The molecule has 1 aromatic rings. The summed E-state index contributed by atoms with van der Waals surface area (Å²) < 4.78 is 1.71. The molecule has 1 amide bonds. The number of hydrogen-bond donors (Lipinski definition) is 1. The smallest absolute Gasteiger partial charge is 0.222 e. The van der Waals surface area contributed by atoms with Crippen LogP contribution in [-0.4, -0.2) is 21.7 Å². The number of rotatable bonds is 4. The third kappa shape index (κ3) is 2.96. The van der Waals surface area contributed by atoms with E-state index in [1.165, 1.54) is 0 Å². The van der Waals surface area contributed by atoms with Crippen LogP contribution in [0.2, 0.25) is 5.02 Å². The average Bonchev–Trinajstić information content (AvgIpc) is 2.92. The average molecular weight is 228 g/mol. The molecule has 15 heavy (non-hydrogen) atoms. The van der Waals surface area contributed by atoms with Crippen LogP contribution < -0.4 is 5.32 Å². The third-order valence-electron chi connectivity index (χ3n) is 2.40. The van der Waals surface area contributed by atoms with Crippen LogP contribution in [-0.2, 0) is 11.3 Å². The predicted octanol–water partition coefficient (Wildman–Crippen LogP) is 1.51. The van der Waals surface area contributed by atoms with Crippen LogP contribution in [0.25, 0.3) is 0 Å². The highest BCUT2D eigenvalue weighted by Crippen LogP contribution is 2.18. The number of nitrogens with one attached hydrogen (secondary N) is 1. The second kappa shape index (κ2) is 4.23. The van der Waals surface area contributed by atoms with Crippen molar-refractivity contribution in [2.24, 2.45) is 0 Å². The molecular weight excluding hydrogens is 214 g/mol. The second-order valence-corrected chi connectivity index (χ2v) is 4.32. The van der Waals surface area contributed by atoms with Gasteiger partial charge in [-0.25, -0.2) is 0 Å². The number of aromatic nitrogens is 2. The van der Waals surface area contributed by atoms with Gasteiger partial charge in [-0.2, -0.15) is 5.10 Å². The van der Waals surface area contributed by atoms with Crippen molar-refractivity contribution in [3.63, 3.8) is 0 Å². The summed E-state index contributed by atoms with van der Waals surface area (Å²) in [4.78, 5) is 11.4. The van der Waals surface area contributed by atoms with E-state index in [-0.39, 0.29) is 5.91 Å². The molecule has 1 aliphatic rings. The minimum Gasteiger partial charge on any atom is -0.353 e. The van der Waals surface area contributed by atoms with E-state index in [1.54, 1.807) is 10.9 Å². The van der Waals surface area contributed by atoms with Crippen LogP contribution in [0.3, 0.4) is 0 Å². The van der Waals surface area contributed by atoms with Crippen LogP contribution in [0.5, 0.6) is 0 Å². The van der Waals surface area contributed by atoms with Gasteiger partial charge in [0.25, 0.3) is 0 Å². The molecule has 1 N–H and O–H groups in total. The number of halogens is 1. The maximum atomic E-state index is 11.4. The Morgan fingerprint density at radius 3 is 3.00 bits per heavy atom. The summed E-state index contributed by atoms with van der Waals surface area (Å²) in [5.41, 5.74) is 0.805. The summed E-state index contributed by atoms with van der Waals surface area (Å²) in [6.45, 7) is 2.44. The molecule has 0 atom stereocenters. The number of carbonyl (C=O) groups is 1. The number of amides is 1. The molecule has 1 fully saturated rings. The van der Waals surface area contributed by atoms with Gasteiger partial charge < -0.3 is 5.32 Å². The highest BCUT2D eigenvalue weighted by Gasteiger charge is 2.22. The molecule has 0 bridgehead atoms. The van der Waals surface area contributed by atoms with Crippen molar-refractivity contribution < 1.29 is 4.79 Å². The first-order valence-electron chi connectivity index (χ1n) is 5.14. The molecule has 4 nitrogen and oxygen atoms in total. The Morgan fingerprint density at radius 1 is 1.73 bits per heavy atom. The lowest BCUT2D eigenvalue weighted by Gasteiger charge is -2.02. The number of aryl methyl sites for hydroxylation is 2. The quantitative estimate of drug-likeness (QED) is 0.848. The molecule has 1 saturated carbocycles. The molecule has 0 aliphatic heterocycles. The Bertz CT molecular complexity index is 351. The molecule has 82 valence electrons. The largest absolute Gasteiger partial charge is 0.353 e. The highest BCUT2D eigenvalue weighted by atomic mass is 35.5. The Hall–Kier alpha value is -1.03. The van der Waals surface area contributed by atoms with Gasteiger partial charge in [-0.15, -0.1) is 0 Å². The van der Waals surface area contributed by atoms with E-state index in [2.05, 4.69) is 10.4 Å². The molecule has 0 radical (unpaired) electrons. The Balaban J connectivity index is 1.78. The van der Waals surface area contributed by atoms with Gasteiger partial charge in [0.05, 0.1) is 10.7 Å². The SMILES string of the molecule is Cc1nn(CCC(=O)NC2CC2)cc1Cl. The van der Waals surface area contributed by atoms with E-state index < -0.39 is 0 Å². The molecule has 0 unspecified atom stereocenters.